The minimum Gasteiger partial charge on any atom is -0.387 e. The van der Waals surface area contributed by atoms with Gasteiger partial charge in [-0.3, -0.25) is 4.39 Å². The molecule has 106 valence electrons. The van der Waals surface area contributed by atoms with E-state index in [4.69, 9.17) is 0 Å². The third-order valence-corrected chi connectivity index (χ3v) is 2.68. The molecule has 1 atom stereocenters. The molecule has 0 saturated heterocycles. The summed E-state index contributed by atoms with van der Waals surface area (Å²) >= 11 is 0. The van der Waals surface area contributed by atoms with E-state index < -0.39 is 18.8 Å². The quantitative estimate of drug-likeness (QED) is 0.691. The lowest BCUT2D eigenvalue weighted by atomic mass is 10.0. The molecule has 0 bridgehead atoms. The molecule has 0 heterocycles. The lowest BCUT2D eigenvalue weighted by Gasteiger charge is -2.14. The van der Waals surface area contributed by atoms with E-state index in [0.29, 0.717) is 13.0 Å². The van der Waals surface area contributed by atoms with Crippen molar-refractivity contribution < 1.29 is 14.3 Å². The highest BCUT2D eigenvalue weighted by Crippen LogP contribution is 2.16. The molecule has 5 heteroatoms. The number of carbonyl (C=O) groups excluding carboxylic acids is 1. The number of hydrogen-bond donors (Lipinski definition) is 3. The molecule has 3 N–H and O–H groups in total. The van der Waals surface area contributed by atoms with Gasteiger partial charge in [-0.2, -0.15) is 0 Å². The smallest absolute Gasteiger partial charge is 0.314 e. The number of rotatable bonds is 6. The van der Waals surface area contributed by atoms with Crippen LogP contribution in [0.15, 0.2) is 18.2 Å². The van der Waals surface area contributed by atoms with Crippen molar-refractivity contribution in [3.63, 3.8) is 0 Å². The Morgan fingerprint density at radius 2 is 1.89 bits per heavy atom. The Balaban J connectivity index is 2.42. The Bertz CT molecular complexity index is 404. The maximum Gasteiger partial charge on any atom is 0.314 e. The topological polar surface area (TPSA) is 61.4 Å². The summed E-state index contributed by atoms with van der Waals surface area (Å²) in [6.07, 6.45) is -0.446. The summed E-state index contributed by atoms with van der Waals surface area (Å²) in [4.78, 5) is 11.3. The molecule has 0 unspecified atom stereocenters. The van der Waals surface area contributed by atoms with Crippen molar-refractivity contribution in [3.05, 3.63) is 34.9 Å². The van der Waals surface area contributed by atoms with Gasteiger partial charge in [-0.05, 0) is 25.8 Å². The number of aryl methyl sites for hydroxylation is 2. The van der Waals surface area contributed by atoms with Crippen LogP contribution in [0.4, 0.5) is 9.18 Å². The fourth-order valence-electron chi connectivity index (χ4n) is 1.84. The van der Waals surface area contributed by atoms with Crippen LogP contribution in [0.1, 0.15) is 29.2 Å². The SMILES string of the molecule is Cc1cc(C)cc([C@H](O)CNC(=O)NCCCF)c1. The number of hydrogen-bond acceptors (Lipinski definition) is 2. The van der Waals surface area contributed by atoms with Gasteiger partial charge in [-0.15, -0.1) is 0 Å². The number of amides is 2. The summed E-state index contributed by atoms with van der Waals surface area (Å²) in [6, 6.07) is 5.41. The number of alkyl halides is 1. The summed E-state index contributed by atoms with van der Waals surface area (Å²) in [5.74, 6) is 0. The molecule has 0 radical (unpaired) electrons. The normalized spacial score (nSPS) is 12.0. The lowest BCUT2D eigenvalue weighted by Crippen LogP contribution is -2.38. The van der Waals surface area contributed by atoms with Gasteiger partial charge in [0.25, 0.3) is 0 Å². The number of urea groups is 1. The molecule has 2 amide bonds. The Hall–Kier alpha value is -1.62. The van der Waals surface area contributed by atoms with Crippen LogP contribution in [0.25, 0.3) is 0 Å². The van der Waals surface area contributed by atoms with Gasteiger partial charge in [-0.1, -0.05) is 29.3 Å². The molecule has 0 aromatic heterocycles. The van der Waals surface area contributed by atoms with Gasteiger partial charge >= 0.3 is 6.03 Å². The molecule has 0 aliphatic rings. The first-order chi connectivity index (χ1) is 9.02. The molecule has 0 saturated carbocycles. The molecule has 0 aliphatic heterocycles. The zero-order chi connectivity index (χ0) is 14.3. The first-order valence-electron chi connectivity index (χ1n) is 6.37. The van der Waals surface area contributed by atoms with Crippen LogP contribution in [0.3, 0.4) is 0 Å². The molecule has 0 fully saturated rings. The number of nitrogens with one attached hydrogen (secondary N) is 2. The van der Waals surface area contributed by atoms with Gasteiger partial charge in [0, 0.05) is 13.1 Å². The minimum absolute atomic E-state index is 0.129. The highest BCUT2D eigenvalue weighted by molar-refractivity contribution is 5.73. The third kappa shape index (κ3) is 5.70. The molecule has 4 nitrogen and oxygen atoms in total. The highest BCUT2D eigenvalue weighted by atomic mass is 19.1. The zero-order valence-corrected chi connectivity index (χ0v) is 11.4. The summed E-state index contributed by atoms with van der Waals surface area (Å²) in [5, 5.41) is 15.1. The number of carbonyl (C=O) groups is 1. The fraction of sp³-hybridized carbons (Fsp3) is 0.500. The van der Waals surface area contributed by atoms with Crippen molar-refractivity contribution in [2.24, 2.45) is 0 Å². The van der Waals surface area contributed by atoms with E-state index in [1.165, 1.54) is 0 Å². The number of aliphatic hydroxyl groups is 1. The van der Waals surface area contributed by atoms with Gasteiger partial charge in [0.1, 0.15) is 0 Å². The van der Waals surface area contributed by atoms with Crippen LogP contribution < -0.4 is 10.6 Å². The second-order valence-electron chi connectivity index (χ2n) is 4.62. The third-order valence-electron chi connectivity index (χ3n) is 2.68. The minimum atomic E-state index is -0.745. The average molecular weight is 268 g/mol. The van der Waals surface area contributed by atoms with E-state index in [0.717, 1.165) is 16.7 Å². The van der Waals surface area contributed by atoms with Gasteiger partial charge < -0.3 is 15.7 Å². The molecular formula is C14H21FN2O2. The van der Waals surface area contributed by atoms with Crippen LogP contribution in [0.5, 0.6) is 0 Å². The van der Waals surface area contributed by atoms with Crippen LogP contribution >= 0.6 is 0 Å². The molecular weight excluding hydrogens is 247 g/mol. The Morgan fingerprint density at radius 3 is 2.47 bits per heavy atom. The second-order valence-corrected chi connectivity index (χ2v) is 4.62. The van der Waals surface area contributed by atoms with Crippen LogP contribution in [0, 0.1) is 13.8 Å². The largest absolute Gasteiger partial charge is 0.387 e. The summed E-state index contributed by atoms with van der Waals surface area (Å²) < 4.78 is 11.8. The van der Waals surface area contributed by atoms with Crippen LogP contribution in [0.2, 0.25) is 0 Å². The Labute approximate surface area is 113 Å². The predicted molar refractivity (Wildman–Crippen MR) is 72.9 cm³/mol. The molecule has 19 heavy (non-hydrogen) atoms. The van der Waals surface area contributed by atoms with Gasteiger partial charge in [0.2, 0.25) is 0 Å². The van der Waals surface area contributed by atoms with E-state index >= 15 is 0 Å². The molecule has 0 aliphatic carbocycles. The summed E-state index contributed by atoms with van der Waals surface area (Å²) in [5.41, 5.74) is 2.92. The number of aliphatic hydroxyl groups excluding tert-OH is 1. The standard InChI is InChI=1S/C14H21FN2O2/c1-10-6-11(2)8-12(7-10)13(18)9-17-14(19)16-5-3-4-15/h6-8,13,18H,3-5,9H2,1-2H3,(H2,16,17,19)/t13-/m1/s1. The molecule has 1 aromatic carbocycles. The molecule has 1 aromatic rings. The van der Waals surface area contributed by atoms with Gasteiger partial charge in [0.15, 0.2) is 0 Å². The lowest BCUT2D eigenvalue weighted by molar-refractivity contribution is 0.173. The maximum atomic E-state index is 11.8. The van der Waals surface area contributed by atoms with Crippen LogP contribution in [-0.2, 0) is 0 Å². The molecule has 0 spiro atoms. The Morgan fingerprint density at radius 1 is 1.26 bits per heavy atom. The molecule has 1 rings (SSSR count). The van der Waals surface area contributed by atoms with Crippen molar-refractivity contribution in [2.75, 3.05) is 19.8 Å². The second kappa shape index (κ2) is 7.74. The summed E-state index contributed by atoms with van der Waals surface area (Å²) in [7, 11) is 0. The highest BCUT2D eigenvalue weighted by Gasteiger charge is 2.10. The van der Waals surface area contributed by atoms with E-state index in [9.17, 15) is 14.3 Å². The van der Waals surface area contributed by atoms with Crippen LogP contribution in [-0.4, -0.2) is 30.9 Å². The van der Waals surface area contributed by atoms with E-state index in [1.807, 2.05) is 32.0 Å². The predicted octanol–water partition coefficient (Wildman–Crippen LogP) is 2.00. The van der Waals surface area contributed by atoms with Crippen molar-refractivity contribution in [1.29, 1.82) is 0 Å². The maximum absolute atomic E-state index is 11.8. The van der Waals surface area contributed by atoms with Crippen molar-refractivity contribution in [3.8, 4) is 0 Å². The fourth-order valence-corrected chi connectivity index (χ4v) is 1.84. The first kappa shape index (κ1) is 15.4. The average Bonchev–Trinajstić information content (AvgIpc) is 2.35. The number of halogens is 1. The van der Waals surface area contributed by atoms with Gasteiger partial charge in [-0.25, -0.2) is 4.79 Å². The zero-order valence-electron chi connectivity index (χ0n) is 11.4. The van der Waals surface area contributed by atoms with Crippen molar-refractivity contribution in [1.82, 2.24) is 10.6 Å². The Kier molecular flexibility index (Phi) is 6.29. The van der Waals surface area contributed by atoms with Crippen molar-refractivity contribution in [2.45, 2.75) is 26.4 Å². The monoisotopic (exact) mass is 268 g/mol. The van der Waals surface area contributed by atoms with Crippen molar-refractivity contribution >= 4 is 6.03 Å². The van der Waals surface area contributed by atoms with E-state index in [2.05, 4.69) is 10.6 Å². The number of benzene rings is 1. The van der Waals surface area contributed by atoms with Gasteiger partial charge in [0.05, 0.1) is 12.8 Å². The van der Waals surface area contributed by atoms with E-state index in [1.54, 1.807) is 0 Å². The van der Waals surface area contributed by atoms with E-state index in [-0.39, 0.29) is 6.54 Å². The first-order valence-corrected chi connectivity index (χ1v) is 6.37. The summed E-state index contributed by atoms with van der Waals surface area (Å²) in [6.45, 7) is 3.89.